The Morgan fingerprint density at radius 3 is 2.62 bits per heavy atom. The molecule has 1 aliphatic rings. The van der Waals surface area contributed by atoms with Gasteiger partial charge in [0.15, 0.2) is 0 Å². The fraction of sp³-hybridized carbons (Fsp3) is 0.536. The molecule has 0 aromatic carbocycles. The Bertz CT molecular complexity index is 711. The first-order valence-corrected chi connectivity index (χ1v) is 11.9. The minimum absolute atomic E-state index is 0.0898. The predicted molar refractivity (Wildman–Crippen MR) is 133 cm³/mol. The highest BCUT2D eigenvalue weighted by atomic mass is 16.5. The number of hydrogen-bond acceptors (Lipinski definition) is 4. The lowest BCUT2D eigenvalue weighted by Gasteiger charge is -2.34. The summed E-state index contributed by atoms with van der Waals surface area (Å²) < 4.78 is 11.1. The van der Waals surface area contributed by atoms with E-state index in [1.165, 1.54) is 11.6 Å². The summed E-state index contributed by atoms with van der Waals surface area (Å²) in [5.41, 5.74) is 1.22. The van der Waals surface area contributed by atoms with Crippen LogP contribution in [0.5, 0.6) is 0 Å². The van der Waals surface area contributed by atoms with Crippen molar-refractivity contribution < 1.29 is 19.4 Å². The van der Waals surface area contributed by atoms with Crippen molar-refractivity contribution in [3.63, 3.8) is 0 Å². The third-order valence-corrected chi connectivity index (χ3v) is 5.49. The van der Waals surface area contributed by atoms with Gasteiger partial charge < -0.3 is 14.6 Å². The van der Waals surface area contributed by atoms with Crippen LogP contribution < -0.4 is 0 Å². The zero-order valence-corrected chi connectivity index (χ0v) is 20.4. The predicted octanol–water partition coefficient (Wildman–Crippen LogP) is 6.26. The highest BCUT2D eigenvalue weighted by molar-refractivity contribution is 5.81. The fourth-order valence-electron chi connectivity index (χ4n) is 3.58. The van der Waals surface area contributed by atoms with Crippen molar-refractivity contribution in [1.29, 1.82) is 0 Å². The fourth-order valence-corrected chi connectivity index (χ4v) is 3.58. The Kier molecular flexibility index (Phi) is 14.3. The van der Waals surface area contributed by atoms with Crippen molar-refractivity contribution in [2.24, 2.45) is 11.8 Å². The summed E-state index contributed by atoms with van der Waals surface area (Å²) in [6, 6.07) is 0. The van der Waals surface area contributed by atoms with Gasteiger partial charge in [-0.1, -0.05) is 81.0 Å². The minimum atomic E-state index is -0.587. The molecule has 0 saturated carbocycles. The van der Waals surface area contributed by atoms with Gasteiger partial charge in [-0.25, -0.2) is 4.79 Å². The van der Waals surface area contributed by atoms with Crippen LogP contribution in [0.3, 0.4) is 0 Å². The summed E-state index contributed by atoms with van der Waals surface area (Å²) in [5, 5.41) is 10.5. The first kappa shape index (κ1) is 27.9. The topological polar surface area (TPSA) is 55.8 Å². The maximum atomic E-state index is 11.3. The van der Waals surface area contributed by atoms with Gasteiger partial charge in [0.25, 0.3) is 0 Å². The van der Waals surface area contributed by atoms with Gasteiger partial charge in [-0.2, -0.15) is 0 Å². The molecule has 1 aliphatic heterocycles. The molecular formula is C28H42O4. The van der Waals surface area contributed by atoms with E-state index in [4.69, 9.17) is 9.47 Å². The van der Waals surface area contributed by atoms with E-state index in [0.29, 0.717) is 11.8 Å². The van der Waals surface area contributed by atoms with Crippen molar-refractivity contribution in [2.75, 3.05) is 6.61 Å². The summed E-state index contributed by atoms with van der Waals surface area (Å²) in [6.07, 6.45) is 24.3. The average molecular weight is 443 g/mol. The van der Waals surface area contributed by atoms with Gasteiger partial charge in [0.2, 0.25) is 0 Å². The van der Waals surface area contributed by atoms with Crippen LogP contribution >= 0.6 is 0 Å². The summed E-state index contributed by atoms with van der Waals surface area (Å²) in [5.74, 6) is 0.557. The van der Waals surface area contributed by atoms with Crippen molar-refractivity contribution >= 4 is 5.97 Å². The first-order valence-electron chi connectivity index (χ1n) is 11.9. The molecule has 5 unspecified atom stereocenters. The SMILES string of the molecule is C/C=C\C(=O)OC/C=C/C(=C\C(C)C/C=C/C=C/C(O)C1CCC(C)C(/C=C/C)O1)CC. The van der Waals surface area contributed by atoms with E-state index in [0.717, 1.165) is 25.7 Å². The zero-order chi connectivity index (χ0) is 23.8. The largest absolute Gasteiger partial charge is 0.458 e. The van der Waals surface area contributed by atoms with Crippen LogP contribution in [0.25, 0.3) is 0 Å². The molecular weight excluding hydrogens is 400 g/mol. The van der Waals surface area contributed by atoms with Gasteiger partial charge in [-0.05, 0) is 57.4 Å². The molecule has 0 bridgehead atoms. The molecule has 0 radical (unpaired) electrons. The lowest BCUT2D eigenvalue weighted by Crippen LogP contribution is -2.38. The van der Waals surface area contributed by atoms with Crippen LogP contribution in [-0.2, 0) is 14.3 Å². The number of hydrogen-bond donors (Lipinski definition) is 1. The minimum Gasteiger partial charge on any atom is -0.458 e. The quantitative estimate of drug-likeness (QED) is 0.168. The van der Waals surface area contributed by atoms with Gasteiger partial charge >= 0.3 is 5.97 Å². The molecule has 1 N–H and O–H groups in total. The van der Waals surface area contributed by atoms with E-state index < -0.39 is 6.10 Å². The maximum absolute atomic E-state index is 11.3. The Hall–Kier alpha value is -2.17. The molecule has 0 aromatic rings. The van der Waals surface area contributed by atoms with Gasteiger partial charge in [-0.3, -0.25) is 0 Å². The molecule has 0 aliphatic carbocycles. The number of carbonyl (C=O) groups is 1. The Morgan fingerprint density at radius 1 is 1.16 bits per heavy atom. The number of carbonyl (C=O) groups excluding carboxylic acids is 1. The van der Waals surface area contributed by atoms with Gasteiger partial charge in [-0.15, -0.1) is 0 Å². The number of allylic oxidation sites excluding steroid dienone is 8. The summed E-state index contributed by atoms with van der Waals surface area (Å²) in [4.78, 5) is 11.3. The lowest BCUT2D eigenvalue weighted by atomic mass is 9.91. The van der Waals surface area contributed by atoms with Crippen LogP contribution in [0.1, 0.15) is 60.3 Å². The third kappa shape index (κ3) is 11.4. The summed E-state index contributed by atoms with van der Waals surface area (Å²) in [7, 11) is 0. The molecule has 178 valence electrons. The third-order valence-electron chi connectivity index (χ3n) is 5.49. The number of aliphatic hydroxyl groups is 1. The molecule has 1 rings (SSSR count). The molecule has 4 heteroatoms. The molecule has 1 heterocycles. The molecule has 0 aromatic heterocycles. The van der Waals surface area contributed by atoms with Crippen LogP contribution in [0, 0.1) is 11.8 Å². The van der Waals surface area contributed by atoms with Crippen molar-refractivity contribution in [3.05, 3.63) is 72.4 Å². The molecule has 0 amide bonds. The second-order valence-corrected chi connectivity index (χ2v) is 8.36. The lowest BCUT2D eigenvalue weighted by molar-refractivity contribution is -0.136. The first-order chi connectivity index (χ1) is 15.4. The molecule has 4 nitrogen and oxygen atoms in total. The van der Waals surface area contributed by atoms with Crippen molar-refractivity contribution in [3.8, 4) is 0 Å². The number of rotatable bonds is 12. The van der Waals surface area contributed by atoms with Crippen LogP contribution in [0.4, 0.5) is 0 Å². The highest BCUT2D eigenvalue weighted by Crippen LogP contribution is 2.27. The Balaban J connectivity index is 2.44. The molecule has 1 fully saturated rings. The van der Waals surface area contributed by atoms with Crippen molar-refractivity contribution in [2.45, 2.75) is 78.6 Å². The Labute approximate surface area is 195 Å². The van der Waals surface area contributed by atoms with E-state index in [-0.39, 0.29) is 24.8 Å². The molecule has 1 saturated heterocycles. The monoisotopic (exact) mass is 442 g/mol. The van der Waals surface area contributed by atoms with Crippen LogP contribution in [0.15, 0.2) is 72.4 Å². The molecule has 32 heavy (non-hydrogen) atoms. The van der Waals surface area contributed by atoms with Crippen LogP contribution in [0.2, 0.25) is 0 Å². The van der Waals surface area contributed by atoms with E-state index >= 15 is 0 Å². The number of esters is 1. The second-order valence-electron chi connectivity index (χ2n) is 8.36. The van der Waals surface area contributed by atoms with E-state index in [1.807, 2.05) is 43.4 Å². The van der Waals surface area contributed by atoms with E-state index in [1.54, 1.807) is 13.0 Å². The maximum Gasteiger partial charge on any atom is 0.330 e. The van der Waals surface area contributed by atoms with E-state index in [9.17, 15) is 9.90 Å². The zero-order valence-electron chi connectivity index (χ0n) is 20.4. The number of ether oxygens (including phenoxy) is 2. The second kappa shape index (κ2) is 16.5. The summed E-state index contributed by atoms with van der Waals surface area (Å²) in [6.45, 7) is 10.6. The number of aliphatic hydroxyl groups excluding tert-OH is 1. The molecule has 0 spiro atoms. The van der Waals surface area contributed by atoms with Crippen LogP contribution in [-0.4, -0.2) is 36.0 Å². The summed E-state index contributed by atoms with van der Waals surface area (Å²) >= 11 is 0. The van der Waals surface area contributed by atoms with Gasteiger partial charge in [0.1, 0.15) is 6.61 Å². The standard InChI is InChI=1S/C28H42O4/c1-6-13-26-23(5)18-19-27(32-26)25(29)17-11-9-10-15-22(4)21-24(8-3)16-12-20-31-28(30)14-7-2/h6-7,9-14,16-17,21-23,25-27,29H,8,15,18-20H2,1-5H3/b10-9+,13-6+,14-7-,16-12+,17-11+,24-21-. The van der Waals surface area contributed by atoms with Gasteiger partial charge in [0, 0.05) is 6.08 Å². The average Bonchev–Trinajstić information content (AvgIpc) is 2.77. The normalized spacial score (nSPS) is 24.9. The smallest absolute Gasteiger partial charge is 0.330 e. The van der Waals surface area contributed by atoms with Gasteiger partial charge in [0.05, 0.1) is 18.3 Å². The highest BCUT2D eigenvalue weighted by Gasteiger charge is 2.29. The molecule has 5 atom stereocenters. The Morgan fingerprint density at radius 2 is 1.94 bits per heavy atom. The van der Waals surface area contributed by atoms with E-state index in [2.05, 4.69) is 39.0 Å². The van der Waals surface area contributed by atoms with Crippen molar-refractivity contribution in [1.82, 2.24) is 0 Å².